The van der Waals surface area contributed by atoms with Gasteiger partial charge in [0.1, 0.15) is 53.8 Å². The Hall–Kier alpha value is -9.23. The zero-order chi connectivity index (χ0) is 87.8. The standard InChI is InChI=1S/C88H131N13O15S2/c1-19-117-118-74-40-32-33-58(10)79(74)116-77(106)52-69(87(114)99(17)72(49-64-38-28-22-29-39-64)83(110)91-60(12)86(113)101-43-30-23-31-44-101)95-81(108)68(47-62-34-24-20-25-35-62)94-85(112)78(57(8)9)100(18)88(115)73(46-55(4)5)98(16)75(104)41-42-90-82(109)70(48-63-36-26-21-27-37-63)96(14)53-65(103)50-67(61(13)102)93-84(111)71(45-54(2)3)97(15)76(105)51-66(56(6)7)92-80(107)59(11)89/h20-22,24-29,32-40,54-57,59-61,66-73,78,102H,19,23,30-31,41-53,89H2,1-18H3,(H,90,109)(H,91,110)(H,92,107)(H,93,111)(H,94,112)(H,95,108)/t59-,60-,61+,66+,67+,68-,69-,70-,71-,72?,73-,78-/m0/s1. The summed E-state index contributed by atoms with van der Waals surface area (Å²) in [5, 5.41) is 28.1. The first-order chi connectivity index (χ1) is 55.7. The molecule has 0 saturated carbocycles. The number of likely N-dealkylation sites (tertiary alicyclic amines) is 1. The van der Waals surface area contributed by atoms with Crippen LogP contribution in [0.25, 0.3) is 0 Å². The highest BCUT2D eigenvalue weighted by molar-refractivity contribution is 8.76. The fourth-order valence-electron chi connectivity index (χ4n) is 14.2. The zero-order valence-electron chi connectivity index (χ0n) is 72.4. The fourth-order valence-corrected chi connectivity index (χ4v) is 15.9. The topological polar surface area (TPSA) is 369 Å². The largest absolute Gasteiger partial charge is 0.425 e. The number of amides is 11. The van der Waals surface area contributed by atoms with E-state index in [4.69, 9.17) is 10.5 Å². The van der Waals surface area contributed by atoms with Gasteiger partial charge in [0, 0.05) is 91.7 Å². The van der Waals surface area contributed by atoms with E-state index in [9.17, 15) is 48.3 Å². The van der Waals surface area contributed by atoms with Crippen molar-refractivity contribution in [2.24, 2.45) is 29.4 Å². The highest BCUT2D eigenvalue weighted by atomic mass is 33.1. The minimum absolute atomic E-state index is 0.0310. The summed E-state index contributed by atoms with van der Waals surface area (Å²) in [6, 6.07) is 19.8. The number of nitrogens with one attached hydrogen (secondary N) is 6. The minimum Gasteiger partial charge on any atom is -0.425 e. The molecule has 30 heteroatoms. The smallest absolute Gasteiger partial charge is 0.313 e. The second-order valence-electron chi connectivity index (χ2n) is 32.7. The van der Waals surface area contributed by atoms with Gasteiger partial charge in [0.2, 0.25) is 65.0 Å². The van der Waals surface area contributed by atoms with E-state index in [2.05, 4.69) is 31.9 Å². The van der Waals surface area contributed by atoms with E-state index < -0.39 is 156 Å². The van der Waals surface area contributed by atoms with Gasteiger partial charge in [-0.1, -0.05) is 187 Å². The van der Waals surface area contributed by atoms with Crippen LogP contribution < -0.4 is 42.4 Å². The number of hydrogen-bond donors (Lipinski definition) is 8. The maximum absolute atomic E-state index is 15.5. The molecule has 1 fully saturated rings. The van der Waals surface area contributed by atoms with Crippen LogP contribution in [0.1, 0.15) is 163 Å². The predicted octanol–water partition coefficient (Wildman–Crippen LogP) is 6.83. The first-order valence-corrected chi connectivity index (χ1v) is 43.6. The molecule has 0 aromatic heterocycles. The second kappa shape index (κ2) is 49.4. The number of para-hydroxylation sites is 1. The molecule has 1 aliphatic heterocycles. The summed E-state index contributed by atoms with van der Waals surface area (Å²) in [5.74, 6) is -7.89. The van der Waals surface area contributed by atoms with Crippen molar-refractivity contribution in [2.75, 3.05) is 67.2 Å². The Kier molecular flexibility index (Phi) is 41.6. The number of aryl methyl sites for hydroxylation is 1. The van der Waals surface area contributed by atoms with Gasteiger partial charge < -0.3 is 72.0 Å². The summed E-state index contributed by atoms with van der Waals surface area (Å²) in [4.78, 5) is 197. The van der Waals surface area contributed by atoms with E-state index in [1.807, 2.05) is 84.9 Å². The molecule has 1 aliphatic rings. The number of nitrogens with two attached hydrogens (primary N) is 1. The van der Waals surface area contributed by atoms with E-state index in [0.717, 1.165) is 35.5 Å². The maximum Gasteiger partial charge on any atom is 0.313 e. The van der Waals surface area contributed by atoms with Gasteiger partial charge in [0.05, 0.1) is 42.1 Å². The molecule has 0 spiro atoms. The lowest BCUT2D eigenvalue weighted by Gasteiger charge is -2.37. The number of rotatable bonds is 47. The molecular formula is C88H131N13O15S2. The van der Waals surface area contributed by atoms with Crippen molar-refractivity contribution in [3.63, 3.8) is 0 Å². The molecular weight excluding hydrogens is 1540 g/mol. The first kappa shape index (κ1) is 99.3. The third kappa shape index (κ3) is 31.5. The molecule has 0 radical (unpaired) electrons. The zero-order valence-corrected chi connectivity index (χ0v) is 74.0. The molecule has 1 heterocycles. The van der Waals surface area contributed by atoms with Crippen LogP contribution in [0, 0.1) is 30.6 Å². The fraction of sp³-hybridized carbons (Fsp3) is 0.580. The summed E-state index contributed by atoms with van der Waals surface area (Å²) < 4.78 is 6.08. The van der Waals surface area contributed by atoms with Crippen LogP contribution in [0.3, 0.4) is 0 Å². The lowest BCUT2D eigenvalue weighted by atomic mass is 9.96. The van der Waals surface area contributed by atoms with Gasteiger partial charge in [-0.25, -0.2) is 0 Å². The van der Waals surface area contributed by atoms with Gasteiger partial charge >= 0.3 is 5.97 Å². The van der Waals surface area contributed by atoms with Crippen LogP contribution in [0.4, 0.5) is 0 Å². The Morgan fingerprint density at radius 1 is 0.508 bits per heavy atom. The van der Waals surface area contributed by atoms with Crippen molar-refractivity contribution in [1.29, 1.82) is 0 Å². The summed E-state index contributed by atoms with van der Waals surface area (Å²) in [5.41, 5.74) is 8.45. The summed E-state index contributed by atoms with van der Waals surface area (Å²) in [7, 11) is 10.3. The number of carbonyl (C=O) groups excluding carboxylic acids is 13. The Labute approximate surface area is 706 Å². The number of esters is 1. The number of likely N-dealkylation sites (N-methyl/N-ethyl adjacent to an activating group) is 5. The summed E-state index contributed by atoms with van der Waals surface area (Å²) in [6.07, 6.45) is 0.261. The number of nitrogens with zero attached hydrogens (tertiary/aromatic N) is 6. The van der Waals surface area contributed by atoms with Crippen molar-refractivity contribution in [2.45, 2.75) is 245 Å². The van der Waals surface area contributed by atoms with Crippen molar-refractivity contribution < 1.29 is 72.2 Å². The Bertz CT molecular complexity index is 3960. The van der Waals surface area contributed by atoms with E-state index in [1.54, 1.807) is 117 Å². The van der Waals surface area contributed by atoms with E-state index in [-0.39, 0.29) is 93.9 Å². The Morgan fingerprint density at radius 3 is 1.57 bits per heavy atom. The monoisotopic (exact) mass is 1670 g/mol. The molecule has 28 nitrogen and oxygen atoms in total. The van der Waals surface area contributed by atoms with Crippen LogP contribution in [-0.4, -0.2) is 251 Å². The van der Waals surface area contributed by atoms with Gasteiger partial charge in [-0.3, -0.25) is 67.2 Å². The average Bonchev–Trinajstić information content (AvgIpc) is 0.822. The van der Waals surface area contributed by atoms with Gasteiger partial charge in [-0.05, 0) is 125 Å². The summed E-state index contributed by atoms with van der Waals surface area (Å²) >= 11 is 0. The number of carbonyl (C=O) groups is 13. The molecule has 118 heavy (non-hydrogen) atoms. The molecule has 4 aromatic carbocycles. The molecule has 4 aromatic rings. The number of piperidine rings is 1. The van der Waals surface area contributed by atoms with E-state index in [1.165, 1.54) is 78.3 Å². The van der Waals surface area contributed by atoms with Crippen molar-refractivity contribution in [3.05, 3.63) is 131 Å². The molecule has 11 amide bonds. The molecule has 1 unspecified atom stereocenters. The van der Waals surface area contributed by atoms with Crippen molar-refractivity contribution >= 4 is 98.3 Å². The highest BCUT2D eigenvalue weighted by Crippen LogP contribution is 2.39. The molecule has 5 rings (SSSR count). The van der Waals surface area contributed by atoms with E-state index >= 15 is 19.2 Å². The second-order valence-corrected chi connectivity index (χ2v) is 35.3. The lowest BCUT2D eigenvalue weighted by Crippen LogP contribution is -2.61. The normalized spacial score (nSPS) is 15.3. The average molecular weight is 1680 g/mol. The first-order valence-electron chi connectivity index (χ1n) is 41.2. The van der Waals surface area contributed by atoms with Gasteiger partial charge in [-0.15, -0.1) is 0 Å². The number of benzene rings is 4. The number of hydrogen-bond acceptors (Lipinski definition) is 19. The summed E-state index contributed by atoms with van der Waals surface area (Å²) in [6.45, 7) is 23.6. The third-order valence-electron chi connectivity index (χ3n) is 21.2. The van der Waals surface area contributed by atoms with Crippen LogP contribution in [0.2, 0.25) is 0 Å². The SMILES string of the molecule is CCSSc1cccc(C)c1OC(=O)C[C@H](NC(=O)[C@H](Cc1ccccc1)NC(=O)[C@H](C(C)C)N(C)C(=O)[C@H](CC(C)C)N(C)C(=O)CCNC(=O)[C@H](Cc1ccccc1)N(C)CC(=O)C[C@@H](NC(=O)[C@H](CC(C)C)N(C)C(=O)C[C@@H](NC(=O)[C@H](C)N)C(C)C)[C@@H](C)O)C(=O)N(C)C(Cc1ccccc1)C(=O)N[C@@H](C)C(=O)N1CCCCC1. The molecule has 0 aliphatic carbocycles. The molecule has 0 bridgehead atoms. The Balaban J connectivity index is 1.38. The van der Waals surface area contributed by atoms with Crippen LogP contribution >= 0.6 is 21.6 Å². The number of aliphatic hydroxyl groups excluding tert-OH is 1. The molecule has 12 atom stereocenters. The van der Waals surface area contributed by atoms with Crippen LogP contribution in [-0.2, 0) is 81.6 Å². The van der Waals surface area contributed by atoms with Gasteiger partial charge in [0.15, 0.2) is 0 Å². The van der Waals surface area contributed by atoms with Crippen molar-refractivity contribution in [1.82, 2.24) is 61.3 Å². The number of ketones is 1. The predicted molar refractivity (Wildman–Crippen MR) is 460 cm³/mol. The van der Waals surface area contributed by atoms with Gasteiger partial charge in [0.25, 0.3) is 0 Å². The molecule has 650 valence electrons. The Morgan fingerprint density at radius 2 is 1.03 bits per heavy atom. The highest BCUT2D eigenvalue weighted by Gasteiger charge is 2.42. The van der Waals surface area contributed by atoms with E-state index in [0.29, 0.717) is 34.7 Å². The van der Waals surface area contributed by atoms with Gasteiger partial charge in [-0.2, -0.15) is 0 Å². The van der Waals surface area contributed by atoms with Crippen LogP contribution in [0.5, 0.6) is 5.75 Å². The minimum atomic E-state index is -1.73. The molecule has 1 saturated heterocycles. The number of ether oxygens (including phenoxy) is 1. The third-order valence-corrected chi connectivity index (χ3v) is 23.6. The van der Waals surface area contributed by atoms with Crippen LogP contribution in [0.15, 0.2) is 114 Å². The number of aliphatic hydroxyl groups is 1. The van der Waals surface area contributed by atoms with Crippen molar-refractivity contribution in [3.8, 4) is 5.75 Å². The molecule has 9 N–H and O–H groups in total. The quantitative estimate of drug-likeness (QED) is 0.0128. The maximum atomic E-state index is 15.5. The lowest BCUT2D eigenvalue weighted by molar-refractivity contribution is -0.149. The number of Topliss-reactive ketones (excluding diaryl/α,β-unsaturated/α-hetero) is 1.